The maximum atomic E-state index is 12.5. The van der Waals surface area contributed by atoms with E-state index in [2.05, 4.69) is 20.5 Å². The Morgan fingerprint density at radius 2 is 1.84 bits per heavy atom. The Hall–Kier alpha value is -3.17. The van der Waals surface area contributed by atoms with Crippen molar-refractivity contribution >= 4 is 34.1 Å². The minimum atomic E-state index is -0.264. The van der Waals surface area contributed by atoms with Gasteiger partial charge in [-0.15, -0.1) is 21.5 Å². The van der Waals surface area contributed by atoms with Crippen molar-refractivity contribution in [3.8, 4) is 17.0 Å². The van der Waals surface area contributed by atoms with Crippen LogP contribution in [-0.4, -0.2) is 31.4 Å². The second-order valence-electron chi connectivity index (χ2n) is 6.90. The van der Waals surface area contributed by atoms with Gasteiger partial charge < -0.3 is 14.6 Å². The van der Waals surface area contributed by atoms with Crippen molar-refractivity contribution in [3.63, 3.8) is 0 Å². The summed E-state index contributed by atoms with van der Waals surface area (Å²) in [6.45, 7) is 4.64. The number of rotatable bonds is 9. The van der Waals surface area contributed by atoms with Crippen molar-refractivity contribution in [2.75, 3.05) is 11.1 Å². The highest BCUT2D eigenvalue weighted by Gasteiger charge is 2.19. The lowest BCUT2D eigenvalue weighted by atomic mass is 10.2. The third-order valence-corrected chi connectivity index (χ3v) is 6.36. The van der Waals surface area contributed by atoms with Crippen molar-refractivity contribution < 1.29 is 9.53 Å². The summed E-state index contributed by atoms with van der Waals surface area (Å²) < 4.78 is 7.96. The van der Waals surface area contributed by atoms with E-state index >= 15 is 0 Å². The lowest BCUT2D eigenvalue weighted by molar-refractivity contribution is -0.113. The smallest absolute Gasteiger partial charge is 0.236 e. The van der Waals surface area contributed by atoms with Gasteiger partial charge in [-0.2, -0.15) is 0 Å². The Bertz CT molecular complexity index is 1160. The number of carbonyl (C=O) groups excluding carboxylic acids is 1. The van der Waals surface area contributed by atoms with E-state index < -0.39 is 0 Å². The van der Waals surface area contributed by atoms with Crippen LogP contribution < -0.4 is 10.1 Å². The van der Waals surface area contributed by atoms with E-state index in [-0.39, 0.29) is 17.8 Å². The van der Waals surface area contributed by atoms with E-state index in [1.54, 1.807) is 0 Å². The molecule has 1 N–H and O–H groups in total. The van der Waals surface area contributed by atoms with Gasteiger partial charge in [-0.25, -0.2) is 4.98 Å². The van der Waals surface area contributed by atoms with Crippen LogP contribution in [0.1, 0.15) is 25.8 Å². The van der Waals surface area contributed by atoms with Gasteiger partial charge in [0.25, 0.3) is 0 Å². The van der Waals surface area contributed by atoms with Crippen molar-refractivity contribution in [1.29, 1.82) is 0 Å². The number of hydrogen-bond donors (Lipinski definition) is 1. The molecule has 1 amide bonds. The molecule has 0 bridgehead atoms. The Morgan fingerprint density at radius 3 is 2.56 bits per heavy atom. The van der Waals surface area contributed by atoms with Crippen LogP contribution in [0.25, 0.3) is 11.3 Å². The number of thioether (sulfide) groups is 1. The topological polar surface area (TPSA) is 81.9 Å². The molecule has 2 aromatic carbocycles. The number of hydrogen-bond acceptors (Lipinski definition) is 7. The maximum Gasteiger partial charge on any atom is 0.236 e. The van der Waals surface area contributed by atoms with E-state index in [0.717, 1.165) is 22.8 Å². The summed E-state index contributed by atoms with van der Waals surface area (Å²) in [5, 5.41) is 14.7. The predicted molar refractivity (Wildman–Crippen MR) is 128 cm³/mol. The Kier molecular flexibility index (Phi) is 7.18. The number of ether oxygens (including phenoxy) is 1. The molecule has 4 rings (SSSR count). The Balaban J connectivity index is 1.35. The zero-order chi connectivity index (χ0) is 22.3. The minimum Gasteiger partial charge on any atom is -0.483 e. The van der Waals surface area contributed by atoms with E-state index in [9.17, 15) is 4.79 Å². The van der Waals surface area contributed by atoms with Crippen LogP contribution in [0.3, 0.4) is 0 Å². The zero-order valence-corrected chi connectivity index (χ0v) is 19.4. The molecular formula is C23H23N5O2S2. The number of nitrogens with zero attached hydrogens (tertiary/aromatic N) is 4. The molecule has 0 saturated heterocycles. The number of anilines is 1. The van der Waals surface area contributed by atoms with Crippen LogP contribution in [0.2, 0.25) is 0 Å². The molecule has 164 valence electrons. The first kappa shape index (κ1) is 22.0. The van der Waals surface area contributed by atoms with E-state index in [1.807, 2.05) is 84.5 Å². The first-order valence-electron chi connectivity index (χ1n) is 10.2. The van der Waals surface area contributed by atoms with E-state index in [0.29, 0.717) is 16.8 Å². The van der Waals surface area contributed by atoms with Crippen LogP contribution in [-0.2, 0) is 11.3 Å². The summed E-state index contributed by atoms with van der Waals surface area (Å²) >= 11 is 2.75. The molecule has 4 aromatic rings. The number of benzene rings is 2. The number of aromatic nitrogens is 4. The highest BCUT2D eigenvalue weighted by Crippen LogP contribution is 2.26. The number of nitrogens with one attached hydrogen (secondary N) is 1. The van der Waals surface area contributed by atoms with Crippen LogP contribution in [0, 0.1) is 0 Å². The number of amides is 1. The molecule has 1 atom stereocenters. The quantitative estimate of drug-likeness (QED) is 0.338. The molecule has 32 heavy (non-hydrogen) atoms. The predicted octanol–water partition coefficient (Wildman–Crippen LogP) is 5.29. The summed E-state index contributed by atoms with van der Waals surface area (Å²) in [6, 6.07) is 19.5. The fourth-order valence-corrected chi connectivity index (χ4v) is 4.66. The zero-order valence-electron chi connectivity index (χ0n) is 17.8. The van der Waals surface area contributed by atoms with Crippen LogP contribution in [0.15, 0.2) is 71.2 Å². The molecule has 0 aliphatic carbocycles. The summed E-state index contributed by atoms with van der Waals surface area (Å²) in [6.07, 6.45) is -0.264. The Labute approximate surface area is 194 Å². The van der Waals surface area contributed by atoms with Gasteiger partial charge in [0.2, 0.25) is 5.91 Å². The van der Waals surface area contributed by atoms with Crippen LogP contribution >= 0.6 is 23.1 Å². The fourth-order valence-electron chi connectivity index (χ4n) is 3.12. The summed E-state index contributed by atoms with van der Waals surface area (Å²) in [5.74, 6) is 1.58. The van der Waals surface area contributed by atoms with Crippen molar-refractivity contribution in [1.82, 2.24) is 19.7 Å². The summed E-state index contributed by atoms with van der Waals surface area (Å²) in [5.41, 5.74) is 1.87. The minimum absolute atomic E-state index is 0.134. The second-order valence-corrected chi connectivity index (χ2v) is 8.70. The average Bonchev–Trinajstić information content (AvgIpc) is 3.46. The van der Waals surface area contributed by atoms with Gasteiger partial charge in [0, 0.05) is 17.5 Å². The molecule has 0 saturated carbocycles. The summed E-state index contributed by atoms with van der Waals surface area (Å²) in [4.78, 5) is 17.0. The van der Waals surface area contributed by atoms with Gasteiger partial charge in [-0.1, -0.05) is 60.3 Å². The SMILES string of the molecule is CCn1c(SCC(=O)Nc2nc(-c3ccccc3)cs2)nnc1C(C)Oc1ccccc1. The molecule has 7 nitrogen and oxygen atoms in total. The van der Waals surface area contributed by atoms with Crippen LogP contribution in [0.4, 0.5) is 5.13 Å². The third kappa shape index (κ3) is 5.35. The lowest BCUT2D eigenvalue weighted by Crippen LogP contribution is -2.15. The molecule has 0 radical (unpaired) electrons. The third-order valence-electron chi connectivity index (χ3n) is 4.63. The highest BCUT2D eigenvalue weighted by atomic mass is 32.2. The van der Waals surface area contributed by atoms with Crippen LogP contribution in [0.5, 0.6) is 5.75 Å². The highest BCUT2D eigenvalue weighted by molar-refractivity contribution is 7.99. The van der Waals surface area contributed by atoms with Gasteiger partial charge in [-0.3, -0.25) is 4.79 Å². The maximum absolute atomic E-state index is 12.5. The van der Waals surface area contributed by atoms with Gasteiger partial charge >= 0.3 is 0 Å². The van der Waals surface area contributed by atoms with Crippen molar-refractivity contribution in [2.45, 2.75) is 31.7 Å². The largest absolute Gasteiger partial charge is 0.483 e. The van der Waals surface area contributed by atoms with Gasteiger partial charge in [0.1, 0.15) is 5.75 Å². The van der Waals surface area contributed by atoms with E-state index in [4.69, 9.17) is 4.74 Å². The van der Waals surface area contributed by atoms with Crippen molar-refractivity contribution in [3.05, 3.63) is 71.9 Å². The molecule has 1 unspecified atom stereocenters. The molecule has 0 aliphatic heterocycles. The first-order chi connectivity index (χ1) is 15.6. The molecular weight excluding hydrogens is 442 g/mol. The molecule has 0 fully saturated rings. The normalized spacial score (nSPS) is 11.8. The first-order valence-corrected chi connectivity index (χ1v) is 12.1. The standard InChI is InChI=1S/C23H23N5O2S2/c1-3-28-21(16(2)30-18-12-8-5-9-13-18)26-27-23(28)32-15-20(29)25-22-24-19(14-31-22)17-10-6-4-7-11-17/h4-14,16H,3,15H2,1-2H3,(H,24,25,29). The van der Waals surface area contributed by atoms with Gasteiger partial charge in [-0.05, 0) is 26.0 Å². The monoisotopic (exact) mass is 465 g/mol. The van der Waals surface area contributed by atoms with Crippen molar-refractivity contribution in [2.24, 2.45) is 0 Å². The number of para-hydroxylation sites is 1. The molecule has 9 heteroatoms. The van der Waals surface area contributed by atoms with E-state index in [1.165, 1.54) is 23.1 Å². The fraction of sp³-hybridized carbons (Fsp3) is 0.217. The molecule has 0 aliphatic rings. The number of carbonyl (C=O) groups is 1. The molecule has 2 heterocycles. The average molecular weight is 466 g/mol. The lowest BCUT2D eigenvalue weighted by Gasteiger charge is -2.15. The summed E-state index contributed by atoms with van der Waals surface area (Å²) in [7, 11) is 0. The Morgan fingerprint density at radius 1 is 1.12 bits per heavy atom. The molecule has 2 aromatic heterocycles. The molecule has 0 spiro atoms. The second kappa shape index (κ2) is 10.4. The van der Waals surface area contributed by atoms with Gasteiger partial charge in [0.15, 0.2) is 22.2 Å². The number of thiazole rings is 1. The van der Waals surface area contributed by atoms with Gasteiger partial charge in [0.05, 0.1) is 11.4 Å².